The number of hydrogen-bond acceptors (Lipinski definition) is 7. The fraction of sp³-hybridized carbons (Fsp3) is 0.214. The molecule has 0 spiro atoms. The van der Waals surface area contributed by atoms with Crippen LogP contribution in [0.1, 0.15) is 28.3 Å². The summed E-state index contributed by atoms with van der Waals surface area (Å²) in [4.78, 5) is 47.2. The smallest absolute Gasteiger partial charge is 0.406 e. The van der Waals surface area contributed by atoms with Crippen LogP contribution in [0.3, 0.4) is 0 Å². The molecule has 1 saturated heterocycles. The SMILES string of the molecule is NC(=O)c1nn(CC(=O)N2C[C@H](F)C[C@H]2C(=O)N(F)c2cccc(OC(F)(F)F)c2)c2ccc(C#Cc3ncccn3)cc12. The standard InChI is InChI=1S/C28H20F5N7O4/c29-17-12-22(27(43)40(33)18-3-1-4-19(13-18)44-28(30,31)32)38(14-17)24(41)15-39-21-7-5-16(6-8-23-35-9-2-10-36-23)11-20(21)25(37-39)26(34)42/h1-5,7,9-11,13,17,22H,12,14-15H2,(H2,34,42)/t17-,22+/m1/s1. The van der Waals surface area contributed by atoms with Gasteiger partial charge < -0.3 is 15.4 Å². The van der Waals surface area contributed by atoms with Gasteiger partial charge in [0, 0.05) is 35.8 Å². The van der Waals surface area contributed by atoms with Gasteiger partial charge in [-0.25, -0.2) is 14.4 Å². The maximum atomic E-state index is 15.1. The summed E-state index contributed by atoms with van der Waals surface area (Å²) in [5, 5.41) is 3.92. The molecule has 3 heterocycles. The molecule has 3 amide bonds. The monoisotopic (exact) mass is 613 g/mol. The number of nitrogens with two attached hydrogens (primary N) is 1. The average Bonchev–Trinajstić information content (AvgIpc) is 3.55. The summed E-state index contributed by atoms with van der Waals surface area (Å²) in [7, 11) is 0. The number of anilines is 1. The molecule has 2 N–H and O–H groups in total. The molecule has 2 atom stereocenters. The van der Waals surface area contributed by atoms with E-state index in [1.165, 1.54) is 24.5 Å². The normalized spacial score (nSPS) is 16.3. The van der Waals surface area contributed by atoms with Crippen molar-refractivity contribution in [2.75, 3.05) is 11.7 Å². The maximum absolute atomic E-state index is 15.1. The highest BCUT2D eigenvalue weighted by atomic mass is 19.4. The number of nitrogens with zero attached hydrogens (tertiary/aromatic N) is 6. The van der Waals surface area contributed by atoms with Crippen molar-refractivity contribution < 1.29 is 41.2 Å². The second-order valence-electron chi connectivity index (χ2n) is 9.48. The predicted molar refractivity (Wildman–Crippen MR) is 143 cm³/mol. The molecule has 1 fully saturated rings. The van der Waals surface area contributed by atoms with E-state index in [1.807, 2.05) is 0 Å². The average molecular weight is 614 g/mol. The van der Waals surface area contributed by atoms with Crippen LogP contribution >= 0.6 is 0 Å². The lowest BCUT2D eigenvalue weighted by molar-refractivity contribution is -0.274. The van der Waals surface area contributed by atoms with Gasteiger partial charge in [0.05, 0.1) is 17.7 Å². The highest BCUT2D eigenvalue weighted by Crippen LogP contribution is 2.30. The Morgan fingerprint density at radius 1 is 1.07 bits per heavy atom. The van der Waals surface area contributed by atoms with E-state index in [0.717, 1.165) is 27.8 Å². The van der Waals surface area contributed by atoms with Crippen molar-refractivity contribution in [2.24, 2.45) is 5.73 Å². The Morgan fingerprint density at radius 2 is 1.82 bits per heavy atom. The molecular formula is C28H20F5N7O4. The number of hydrogen-bond donors (Lipinski definition) is 1. The lowest BCUT2D eigenvalue weighted by Gasteiger charge is -2.25. The molecule has 5 rings (SSSR count). The largest absolute Gasteiger partial charge is 0.573 e. The number of halogens is 5. The van der Waals surface area contributed by atoms with Crippen molar-refractivity contribution in [2.45, 2.75) is 31.5 Å². The van der Waals surface area contributed by atoms with E-state index in [9.17, 15) is 31.9 Å². The fourth-order valence-corrected chi connectivity index (χ4v) is 4.63. The molecule has 16 heteroatoms. The number of likely N-dealkylation sites (tertiary alicyclic amines) is 1. The van der Waals surface area contributed by atoms with E-state index in [0.29, 0.717) is 17.1 Å². The molecule has 0 radical (unpaired) electrons. The Hall–Kier alpha value is -5.59. The molecule has 11 nitrogen and oxygen atoms in total. The zero-order valence-corrected chi connectivity index (χ0v) is 22.3. The van der Waals surface area contributed by atoms with Crippen LogP contribution in [0.25, 0.3) is 10.9 Å². The summed E-state index contributed by atoms with van der Waals surface area (Å²) < 4.78 is 72.2. The Balaban J connectivity index is 1.37. The van der Waals surface area contributed by atoms with Crippen LogP contribution in [0.5, 0.6) is 5.75 Å². The van der Waals surface area contributed by atoms with Gasteiger partial charge in [-0.05, 0) is 42.3 Å². The number of carbonyl (C=O) groups is 3. The molecule has 44 heavy (non-hydrogen) atoms. The zero-order chi connectivity index (χ0) is 31.6. The van der Waals surface area contributed by atoms with Crippen LogP contribution < -0.4 is 15.6 Å². The topological polar surface area (TPSA) is 137 Å². The number of amides is 3. The third-order valence-corrected chi connectivity index (χ3v) is 6.48. The van der Waals surface area contributed by atoms with Crippen molar-refractivity contribution in [3.05, 3.63) is 78.0 Å². The predicted octanol–water partition coefficient (Wildman–Crippen LogP) is 3.08. The number of aromatic nitrogens is 4. The van der Waals surface area contributed by atoms with Crippen molar-refractivity contribution in [3.8, 4) is 17.6 Å². The fourth-order valence-electron chi connectivity index (χ4n) is 4.63. The van der Waals surface area contributed by atoms with Crippen molar-refractivity contribution >= 4 is 34.3 Å². The minimum atomic E-state index is -5.06. The van der Waals surface area contributed by atoms with Gasteiger partial charge >= 0.3 is 6.36 Å². The first-order chi connectivity index (χ1) is 20.9. The van der Waals surface area contributed by atoms with E-state index >= 15 is 4.48 Å². The molecule has 226 valence electrons. The molecule has 2 aromatic heterocycles. The summed E-state index contributed by atoms with van der Waals surface area (Å²) in [6.45, 7) is -1.13. The van der Waals surface area contributed by atoms with Crippen LogP contribution in [0, 0.1) is 11.8 Å². The minimum absolute atomic E-state index is 0.180. The third-order valence-electron chi connectivity index (χ3n) is 6.48. The second-order valence-corrected chi connectivity index (χ2v) is 9.48. The molecule has 0 saturated carbocycles. The van der Waals surface area contributed by atoms with Gasteiger partial charge in [-0.2, -0.15) is 5.10 Å². The number of ether oxygens (including phenoxy) is 1. The Morgan fingerprint density at radius 3 is 2.52 bits per heavy atom. The zero-order valence-electron chi connectivity index (χ0n) is 22.3. The van der Waals surface area contributed by atoms with E-state index < -0.39 is 72.4 Å². The van der Waals surface area contributed by atoms with E-state index in [4.69, 9.17) is 5.73 Å². The lowest BCUT2D eigenvalue weighted by atomic mass is 10.1. The first-order valence-corrected chi connectivity index (χ1v) is 12.8. The Kier molecular flexibility index (Phi) is 8.12. The van der Waals surface area contributed by atoms with Crippen LogP contribution in [0.2, 0.25) is 0 Å². The number of benzene rings is 2. The number of alkyl halides is 4. The van der Waals surface area contributed by atoms with E-state index in [1.54, 1.807) is 12.1 Å². The third kappa shape index (κ3) is 6.56. The van der Waals surface area contributed by atoms with Crippen molar-refractivity contribution in [3.63, 3.8) is 0 Å². The highest BCUT2D eigenvalue weighted by molar-refractivity contribution is 6.05. The molecule has 0 aliphatic carbocycles. The molecule has 4 aromatic rings. The molecule has 1 aliphatic rings. The van der Waals surface area contributed by atoms with Crippen LogP contribution in [0.4, 0.5) is 27.7 Å². The number of rotatable bonds is 6. The molecule has 0 bridgehead atoms. The van der Waals surface area contributed by atoms with Gasteiger partial charge in [-0.3, -0.25) is 19.1 Å². The molecule has 0 unspecified atom stereocenters. The van der Waals surface area contributed by atoms with Crippen molar-refractivity contribution in [1.82, 2.24) is 24.6 Å². The molecule has 1 aliphatic heterocycles. The molecular weight excluding hydrogens is 593 g/mol. The first-order valence-electron chi connectivity index (χ1n) is 12.8. The van der Waals surface area contributed by atoms with Gasteiger partial charge in [-0.1, -0.05) is 16.5 Å². The van der Waals surface area contributed by atoms with Crippen LogP contribution in [-0.2, 0) is 16.1 Å². The number of primary amides is 1. The van der Waals surface area contributed by atoms with Crippen molar-refractivity contribution in [1.29, 1.82) is 0 Å². The maximum Gasteiger partial charge on any atom is 0.573 e. The van der Waals surface area contributed by atoms with Gasteiger partial charge in [-0.15, -0.1) is 18.3 Å². The van der Waals surface area contributed by atoms with Crippen LogP contribution in [-0.4, -0.2) is 67.5 Å². The minimum Gasteiger partial charge on any atom is -0.406 e. The number of carbonyl (C=O) groups excluding carboxylic acids is 3. The van der Waals surface area contributed by atoms with E-state index in [2.05, 4.69) is 31.6 Å². The summed E-state index contributed by atoms with van der Waals surface area (Å²) in [6.07, 6.45) is -4.26. The van der Waals surface area contributed by atoms with Crippen LogP contribution in [0.15, 0.2) is 60.9 Å². The van der Waals surface area contributed by atoms with Gasteiger partial charge in [0.15, 0.2) is 5.69 Å². The summed E-state index contributed by atoms with van der Waals surface area (Å²) >= 11 is 0. The quantitative estimate of drug-likeness (QED) is 0.201. The lowest BCUT2D eigenvalue weighted by Crippen LogP contribution is -2.46. The highest BCUT2D eigenvalue weighted by Gasteiger charge is 2.42. The van der Waals surface area contributed by atoms with Gasteiger partial charge in [0.25, 0.3) is 11.8 Å². The van der Waals surface area contributed by atoms with Gasteiger partial charge in [0.2, 0.25) is 11.7 Å². The summed E-state index contributed by atoms with van der Waals surface area (Å²) in [6, 6.07) is 8.21. The summed E-state index contributed by atoms with van der Waals surface area (Å²) in [5.74, 6) is 1.98. The second kappa shape index (κ2) is 12.0. The first kappa shape index (κ1) is 29.9. The van der Waals surface area contributed by atoms with Gasteiger partial charge in [0.1, 0.15) is 24.5 Å². The summed E-state index contributed by atoms with van der Waals surface area (Å²) in [5.41, 5.74) is 5.45. The Labute approximate surface area is 245 Å². The Bertz CT molecular complexity index is 1800. The molecule has 2 aromatic carbocycles. The van der Waals surface area contributed by atoms with E-state index in [-0.39, 0.29) is 16.9 Å². The number of fused-ring (bicyclic) bond motifs is 1.